The Labute approximate surface area is 215 Å². The number of hydrogen-bond acceptors (Lipinski definition) is 4. The normalized spacial score (nSPS) is 14.9. The molecule has 0 aromatic heterocycles. The number of carbonyl (C=O) groups excluding carboxylic acids is 2. The number of amides is 2. The van der Waals surface area contributed by atoms with Crippen LogP contribution in [0.1, 0.15) is 63.0 Å². The van der Waals surface area contributed by atoms with Gasteiger partial charge in [0.2, 0.25) is 21.8 Å². The van der Waals surface area contributed by atoms with Gasteiger partial charge in [-0.1, -0.05) is 67.8 Å². The lowest BCUT2D eigenvalue weighted by molar-refractivity contribution is -0.141. The Morgan fingerprint density at radius 2 is 1.75 bits per heavy atom. The van der Waals surface area contributed by atoms with E-state index in [4.69, 9.17) is 0 Å². The number of sulfonamides is 1. The average molecular weight is 514 g/mol. The van der Waals surface area contributed by atoms with Gasteiger partial charge in [0, 0.05) is 25.6 Å². The average Bonchev–Trinajstić information content (AvgIpc) is 3.34. The molecule has 196 valence electrons. The molecule has 1 fully saturated rings. The van der Waals surface area contributed by atoms with Crippen molar-refractivity contribution in [3.8, 4) is 0 Å². The molecule has 0 radical (unpaired) electrons. The number of benzene rings is 2. The number of nitrogens with one attached hydrogen (secondary N) is 1. The fourth-order valence-corrected chi connectivity index (χ4v) is 5.86. The second-order valence-corrected chi connectivity index (χ2v) is 11.6. The quantitative estimate of drug-likeness (QED) is 0.456. The maximum Gasteiger partial charge on any atom is 0.243 e. The highest BCUT2D eigenvalue weighted by molar-refractivity contribution is 7.92. The first-order chi connectivity index (χ1) is 17.2. The van der Waals surface area contributed by atoms with Crippen LogP contribution < -0.4 is 9.62 Å². The van der Waals surface area contributed by atoms with Crippen LogP contribution in [0.15, 0.2) is 54.6 Å². The third-order valence-electron chi connectivity index (χ3n) is 6.72. The monoisotopic (exact) mass is 513 g/mol. The van der Waals surface area contributed by atoms with E-state index in [1.807, 2.05) is 44.2 Å². The van der Waals surface area contributed by atoms with Crippen LogP contribution >= 0.6 is 0 Å². The van der Waals surface area contributed by atoms with E-state index < -0.39 is 16.1 Å². The first-order valence-electron chi connectivity index (χ1n) is 12.9. The highest BCUT2D eigenvalue weighted by Crippen LogP contribution is 2.21. The summed E-state index contributed by atoms with van der Waals surface area (Å²) in [6, 6.07) is 16.5. The van der Waals surface area contributed by atoms with Gasteiger partial charge in [-0.15, -0.1) is 0 Å². The van der Waals surface area contributed by atoms with E-state index in [-0.39, 0.29) is 30.8 Å². The Balaban J connectivity index is 1.74. The van der Waals surface area contributed by atoms with Gasteiger partial charge in [0.05, 0.1) is 11.9 Å². The standard InChI is InChI=1S/C28H39N3O4S/c1-4-26(28(33)29-24-14-8-9-15-24)30(21-23-13-10-12-22(2)20-23)27(32)18-11-19-31(36(3,34)35)25-16-6-5-7-17-25/h5-7,10,12-13,16-17,20,24,26H,4,8-9,11,14-15,18-19,21H2,1-3H3,(H,29,33). The molecule has 0 saturated heterocycles. The van der Waals surface area contributed by atoms with Crippen molar-refractivity contribution in [2.24, 2.45) is 0 Å². The van der Waals surface area contributed by atoms with Crippen LogP contribution in [0.2, 0.25) is 0 Å². The van der Waals surface area contributed by atoms with Gasteiger partial charge in [0.15, 0.2) is 0 Å². The van der Waals surface area contributed by atoms with E-state index in [0.717, 1.165) is 36.8 Å². The summed E-state index contributed by atoms with van der Waals surface area (Å²) in [5.74, 6) is -0.251. The molecule has 2 aromatic rings. The molecule has 36 heavy (non-hydrogen) atoms. The van der Waals surface area contributed by atoms with Crippen molar-refractivity contribution in [1.82, 2.24) is 10.2 Å². The molecule has 0 bridgehead atoms. The maximum absolute atomic E-state index is 13.5. The van der Waals surface area contributed by atoms with Crippen LogP contribution in [0.4, 0.5) is 5.69 Å². The molecule has 7 nitrogen and oxygen atoms in total. The Bertz CT molecular complexity index is 1110. The molecule has 1 unspecified atom stereocenters. The third kappa shape index (κ3) is 7.82. The van der Waals surface area contributed by atoms with E-state index >= 15 is 0 Å². The number of rotatable bonds is 12. The second kappa shape index (κ2) is 12.9. The van der Waals surface area contributed by atoms with Gasteiger partial charge in [0.1, 0.15) is 6.04 Å². The van der Waals surface area contributed by atoms with Crippen molar-refractivity contribution in [2.45, 2.75) is 77.4 Å². The molecule has 1 aliphatic rings. The van der Waals surface area contributed by atoms with Gasteiger partial charge in [0.25, 0.3) is 0 Å². The smallest absolute Gasteiger partial charge is 0.243 e. The van der Waals surface area contributed by atoms with E-state index in [9.17, 15) is 18.0 Å². The van der Waals surface area contributed by atoms with Crippen molar-refractivity contribution < 1.29 is 18.0 Å². The van der Waals surface area contributed by atoms with Gasteiger partial charge in [-0.05, 0) is 50.3 Å². The van der Waals surface area contributed by atoms with Crippen LogP contribution in [-0.2, 0) is 26.2 Å². The first kappa shape index (κ1) is 27.7. The lowest BCUT2D eigenvalue weighted by atomic mass is 10.1. The Morgan fingerprint density at radius 1 is 1.06 bits per heavy atom. The zero-order chi connectivity index (χ0) is 26.1. The molecular weight excluding hydrogens is 474 g/mol. The summed E-state index contributed by atoms with van der Waals surface area (Å²) < 4.78 is 26.1. The van der Waals surface area contributed by atoms with Crippen molar-refractivity contribution in [1.29, 1.82) is 0 Å². The van der Waals surface area contributed by atoms with E-state index in [1.54, 1.807) is 29.2 Å². The van der Waals surface area contributed by atoms with Crippen molar-refractivity contribution >= 4 is 27.5 Å². The maximum atomic E-state index is 13.5. The van der Waals surface area contributed by atoms with Gasteiger partial charge < -0.3 is 10.2 Å². The van der Waals surface area contributed by atoms with Crippen LogP contribution in [0.25, 0.3) is 0 Å². The van der Waals surface area contributed by atoms with E-state index in [2.05, 4.69) is 5.32 Å². The van der Waals surface area contributed by atoms with Crippen LogP contribution in [0.3, 0.4) is 0 Å². The minimum absolute atomic E-state index is 0.104. The second-order valence-electron chi connectivity index (χ2n) is 9.70. The van der Waals surface area contributed by atoms with E-state index in [1.165, 1.54) is 10.6 Å². The summed E-state index contributed by atoms with van der Waals surface area (Å²) in [5, 5.41) is 3.16. The highest BCUT2D eigenvalue weighted by atomic mass is 32.2. The number of hydrogen-bond donors (Lipinski definition) is 1. The minimum atomic E-state index is -3.49. The van der Waals surface area contributed by atoms with E-state index in [0.29, 0.717) is 25.1 Å². The SMILES string of the molecule is CCC(C(=O)NC1CCCC1)N(Cc1cccc(C)c1)C(=O)CCCN(c1ccccc1)S(C)(=O)=O. The number of anilines is 1. The number of carbonyl (C=O) groups is 2. The zero-order valence-corrected chi connectivity index (χ0v) is 22.5. The molecular formula is C28H39N3O4S. The Morgan fingerprint density at radius 3 is 2.36 bits per heavy atom. The molecule has 2 amide bonds. The van der Waals surface area contributed by atoms with Gasteiger partial charge in [-0.2, -0.15) is 0 Å². The molecule has 2 aromatic carbocycles. The lowest BCUT2D eigenvalue weighted by Gasteiger charge is -2.32. The molecule has 3 rings (SSSR count). The zero-order valence-electron chi connectivity index (χ0n) is 21.7. The molecule has 1 N–H and O–H groups in total. The van der Waals surface area contributed by atoms with Crippen LogP contribution in [-0.4, -0.2) is 50.0 Å². The molecule has 8 heteroatoms. The summed E-state index contributed by atoms with van der Waals surface area (Å²) in [6.07, 6.45) is 6.38. The molecule has 0 spiro atoms. The summed E-state index contributed by atoms with van der Waals surface area (Å²) in [5.41, 5.74) is 2.64. The third-order valence-corrected chi connectivity index (χ3v) is 7.91. The topological polar surface area (TPSA) is 86.8 Å². The molecule has 0 heterocycles. The minimum Gasteiger partial charge on any atom is -0.352 e. The molecule has 1 aliphatic carbocycles. The summed E-state index contributed by atoms with van der Waals surface area (Å²) in [4.78, 5) is 28.4. The fourth-order valence-electron chi connectivity index (χ4n) is 4.89. The van der Waals surface area contributed by atoms with Crippen molar-refractivity contribution in [3.05, 3.63) is 65.7 Å². The number of aryl methyl sites for hydroxylation is 1. The predicted octanol–water partition coefficient (Wildman–Crippen LogP) is 4.41. The van der Waals surface area contributed by atoms with Gasteiger partial charge >= 0.3 is 0 Å². The molecule has 1 saturated carbocycles. The Hall–Kier alpha value is -2.87. The molecule has 1 atom stereocenters. The van der Waals surface area contributed by atoms with Gasteiger partial charge in [-0.25, -0.2) is 8.42 Å². The van der Waals surface area contributed by atoms with Crippen LogP contribution in [0, 0.1) is 6.92 Å². The predicted molar refractivity (Wildman–Crippen MR) is 144 cm³/mol. The number of nitrogens with zero attached hydrogens (tertiary/aromatic N) is 2. The molecule has 0 aliphatic heterocycles. The summed E-state index contributed by atoms with van der Waals surface area (Å²) in [6.45, 7) is 4.46. The Kier molecular flexibility index (Phi) is 9.93. The van der Waals surface area contributed by atoms with Gasteiger partial charge in [-0.3, -0.25) is 13.9 Å². The largest absolute Gasteiger partial charge is 0.352 e. The van der Waals surface area contributed by atoms with Crippen LogP contribution in [0.5, 0.6) is 0 Å². The fraction of sp³-hybridized carbons (Fsp3) is 0.500. The lowest BCUT2D eigenvalue weighted by Crippen LogP contribution is -2.51. The summed E-state index contributed by atoms with van der Waals surface area (Å²) >= 11 is 0. The van der Waals surface area contributed by atoms with Crippen molar-refractivity contribution in [3.63, 3.8) is 0 Å². The number of para-hydroxylation sites is 1. The summed E-state index contributed by atoms with van der Waals surface area (Å²) in [7, 11) is -3.49. The first-order valence-corrected chi connectivity index (χ1v) is 14.7. The highest BCUT2D eigenvalue weighted by Gasteiger charge is 2.30. The van der Waals surface area contributed by atoms with Crippen molar-refractivity contribution in [2.75, 3.05) is 17.1 Å².